The van der Waals surface area contributed by atoms with E-state index in [-0.39, 0.29) is 11.5 Å². The average Bonchev–Trinajstić information content (AvgIpc) is 2.07. The van der Waals surface area contributed by atoms with Gasteiger partial charge in [0.1, 0.15) is 0 Å². The molecule has 0 unspecified atom stereocenters. The van der Waals surface area contributed by atoms with Gasteiger partial charge in [-0.3, -0.25) is 0 Å². The van der Waals surface area contributed by atoms with Crippen molar-refractivity contribution in [2.24, 2.45) is 0 Å². The molecule has 0 aliphatic rings. The van der Waals surface area contributed by atoms with Crippen LogP contribution in [0, 0.1) is 0 Å². The Bertz CT molecular complexity index is 355. The van der Waals surface area contributed by atoms with Gasteiger partial charge in [0.25, 0.3) is 5.75 Å². The number of rotatable bonds is 2. The molecular weight excluding hydrogens is 172 g/mol. The van der Waals surface area contributed by atoms with E-state index < -0.39 is 5.97 Å². The second-order valence-corrected chi connectivity index (χ2v) is 2.47. The van der Waals surface area contributed by atoms with Crippen molar-refractivity contribution in [1.29, 1.82) is 0 Å². The minimum absolute atomic E-state index is 0.0364. The highest BCUT2D eigenvalue weighted by molar-refractivity contribution is 5.86. The lowest BCUT2D eigenvalue weighted by Crippen LogP contribution is -1.86. The predicted molar refractivity (Wildman–Crippen MR) is 49.8 cm³/mol. The number of phenolic OH excluding ortho intramolecular Hbond substituents is 1. The van der Waals surface area contributed by atoms with Crippen molar-refractivity contribution >= 4 is 12.0 Å². The molecule has 1 aromatic rings. The normalized spacial score (nSPS) is 10.5. The van der Waals surface area contributed by atoms with Crippen LogP contribution in [0.2, 0.25) is 0 Å². The monoisotopic (exact) mass is 182 g/mol. The van der Waals surface area contributed by atoms with Gasteiger partial charge in [-0.05, 0) is 23.8 Å². The lowest BCUT2D eigenvalue weighted by atomic mass is 10.2. The van der Waals surface area contributed by atoms with Crippen molar-refractivity contribution < 1.29 is 20.1 Å². The molecule has 4 nitrogen and oxygen atoms in total. The number of aliphatic hydroxyl groups excluding tert-OH is 1. The molecule has 0 aliphatic heterocycles. The summed E-state index contributed by atoms with van der Waals surface area (Å²) in [5.41, 5.74) is 0.592. The Hall–Kier alpha value is -1.97. The molecule has 0 bridgehead atoms. The Kier molecular flexibility index (Phi) is 2.54. The van der Waals surface area contributed by atoms with E-state index in [2.05, 4.69) is 0 Å². The number of carboxylic acids is 1. The van der Waals surface area contributed by atoms with E-state index in [1.165, 1.54) is 18.2 Å². The quantitative estimate of drug-likeness (QED) is 0.526. The van der Waals surface area contributed by atoms with Gasteiger partial charge in [0.05, 0.1) is 6.08 Å². The molecule has 1 aromatic carbocycles. The van der Waals surface area contributed by atoms with Crippen LogP contribution >= 0.6 is 0 Å². The summed E-state index contributed by atoms with van der Waals surface area (Å²) < 4.78 is 0. The van der Waals surface area contributed by atoms with E-state index in [9.17, 15) is 0 Å². The van der Waals surface area contributed by atoms with Crippen LogP contribution in [0.25, 0.3) is 6.08 Å². The Morgan fingerprint density at radius 1 is 1.46 bits per heavy atom. The molecule has 68 valence electrons. The van der Waals surface area contributed by atoms with Crippen LogP contribution in [0.1, 0.15) is 5.56 Å². The molecule has 4 heteroatoms. The van der Waals surface area contributed by atoms with Crippen LogP contribution in [0.15, 0.2) is 24.3 Å². The van der Waals surface area contributed by atoms with Crippen LogP contribution in [0.3, 0.4) is 0 Å². The summed E-state index contributed by atoms with van der Waals surface area (Å²) in [6.45, 7) is 0. The van der Waals surface area contributed by atoms with Crippen LogP contribution < -0.4 is 0 Å². The van der Waals surface area contributed by atoms with E-state index >= 15 is 0 Å². The molecule has 13 heavy (non-hydrogen) atoms. The smallest absolute Gasteiger partial charge is 0.507 e. The summed E-state index contributed by atoms with van der Waals surface area (Å²) in [4.78, 5) is 8.42. The summed E-state index contributed by atoms with van der Waals surface area (Å²) in [6.07, 6.45) is 2.49. The van der Waals surface area contributed by atoms with Gasteiger partial charge < -0.3 is 20.1 Å². The molecule has 0 saturated heterocycles. The molecule has 0 spiro atoms. The van der Waals surface area contributed by atoms with Crippen LogP contribution in [0.4, 0.5) is 0 Å². The molecule has 1 rings (SSSR count). The van der Waals surface area contributed by atoms with E-state index in [0.29, 0.717) is 5.56 Å². The van der Waals surface area contributed by atoms with E-state index in [1.54, 1.807) is 6.07 Å². The third-order valence-electron chi connectivity index (χ3n) is 1.45. The zero-order valence-corrected chi connectivity index (χ0v) is 6.73. The summed E-state index contributed by atoms with van der Waals surface area (Å²) in [5.74, 6) is -0.900. The number of phenols is 1. The number of carboxylic acid groups (broad SMARTS) is 1. The SMILES string of the molecule is OC(=[OH+])/C=C/c1ccc([OH2+])c(O)c1. The highest BCUT2D eigenvalue weighted by atomic mass is 16.4. The van der Waals surface area contributed by atoms with E-state index in [4.69, 9.17) is 20.1 Å². The molecule has 0 fully saturated rings. The molecule has 0 amide bonds. The van der Waals surface area contributed by atoms with Gasteiger partial charge in [0.2, 0.25) is 5.75 Å². The summed E-state index contributed by atoms with van der Waals surface area (Å²) >= 11 is 0. The third-order valence-corrected chi connectivity index (χ3v) is 1.45. The molecule has 0 saturated carbocycles. The van der Waals surface area contributed by atoms with Crippen molar-refractivity contribution in [1.82, 2.24) is 0 Å². The lowest BCUT2D eigenvalue weighted by Gasteiger charge is -1.94. The van der Waals surface area contributed by atoms with Gasteiger partial charge in [0.15, 0.2) is 0 Å². The first-order valence-corrected chi connectivity index (χ1v) is 3.57. The van der Waals surface area contributed by atoms with Gasteiger partial charge in [0, 0.05) is 6.07 Å². The minimum atomic E-state index is -0.797. The standard InChI is InChI=1S/C9H8O4/c10-7-3-1-6(5-8(7)11)2-4-9(12)13/h1-5,10-11H,(H,12,13)/p+2/b4-2+. The highest BCUT2D eigenvalue weighted by Crippen LogP contribution is 2.25. The lowest BCUT2D eigenvalue weighted by molar-refractivity contribution is 0.403. The van der Waals surface area contributed by atoms with Gasteiger partial charge in [-0.1, -0.05) is 0 Å². The van der Waals surface area contributed by atoms with Crippen molar-refractivity contribution in [3.63, 3.8) is 0 Å². The Morgan fingerprint density at radius 2 is 2.15 bits per heavy atom. The fourth-order valence-electron chi connectivity index (χ4n) is 0.823. The van der Waals surface area contributed by atoms with Crippen LogP contribution in [0.5, 0.6) is 11.5 Å². The molecular formula is C9H10O4+2. The number of hydrogen-bond donors (Lipinski definition) is 2. The van der Waals surface area contributed by atoms with Gasteiger partial charge in [-0.15, -0.1) is 0 Å². The van der Waals surface area contributed by atoms with Crippen molar-refractivity contribution in [2.45, 2.75) is 0 Å². The number of aromatic hydroxyl groups is 1. The first-order chi connectivity index (χ1) is 6.09. The van der Waals surface area contributed by atoms with E-state index in [0.717, 1.165) is 6.08 Å². The predicted octanol–water partition coefficient (Wildman–Crippen LogP) is 0.904. The number of hydrogen-bond acceptors (Lipinski definition) is 1. The molecule has 5 N–H and O–H groups in total. The minimum Gasteiger partial charge on any atom is -0.591 e. The van der Waals surface area contributed by atoms with Crippen LogP contribution in [-0.4, -0.2) is 26.1 Å². The van der Waals surface area contributed by atoms with Gasteiger partial charge >= 0.3 is 5.97 Å². The first-order valence-electron chi connectivity index (χ1n) is 3.57. The Labute approximate surface area is 74.4 Å². The largest absolute Gasteiger partial charge is 0.591 e. The summed E-state index contributed by atoms with van der Waals surface area (Å²) in [7, 11) is 0. The Balaban J connectivity index is 2.92. The second-order valence-electron chi connectivity index (χ2n) is 2.47. The zero-order chi connectivity index (χ0) is 9.84. The number of benzene rings is 1. The molecule has 0 radical (unpaired) electrons. The van der Waals surface area contributed by atoms with Crippen molar-refractivity contribution in [3.05, 3.63) is 29.8 Å². The fourth-order valence-corrected chi connectivity index (χ4v) is 0.823. The van der Waals surface area contributed by atoms with Crippen molar-refractivity contribution in [3.8, 4) is 11.5 Å². The molecule has 0 heterocycles. The topological polar surface area (TPSA) is 84.8 Å². The average molecular weight is 182 g/mol. The highest BCUT2D eigenvalue weighted by Gasteiger charge is 2.03. The first kappa shape index (κ1) is 9.12. The zero-order valence-electron chi connectivity index (χ0n) is 6.73. The fraction of sp³-hybridized carbons (Fsp3) is 0. The maximum Gasteiger partial charge on any atom is 0.507 e. The number of aliphatic carboxylic acids is 1. The van der Waals surface area contributed by atoms with Crippen molar-refractivity contribution in [2.75, 3.05) is 0 Å². The maximum absolute atomic E-state index is 9.11. The van der Waals surface area contributed by atoms with E-state index in [1.807, 2.05) is 0 Å². The van der Waals surface area contributed by atoms with Gasteiger partial charge in [-0.25, -0.2) is 0 Å². The van der Waals surface area contributed by atoms with Crippen LogP contribution in [-0.2, 0) is 0 Å². The molecule has 0 aliphatic carbocycles. The summed E-state index contributed by atoms with van der Waals surface area (Å²) in [6, 6.07) is 4.37. The molecule has 0 atom stereocenters. The second kappa shape index (κ2) is 3.62. The maximum atomic E-state index is 9.11. The third kappa shape index (κ3) is 2.52. The van der Waals surface area contributed by atoms with Gasteiger partial charge in [-0.2, -0.15) is 0 Å². The Morgan fingerprint density at radius 3 is 2.69 bits per heavy atom. The molecule has 0 aromatic heterocycles. The summed E-state index contributed by atoms with van der Waals surface area (Å²) in [5, 5.41) is 24.7.